The monoisotopic (exact) mass is 225 g/mol. The maximum atomic E-state index is 6.15. The fourth-order valence-electron chi connectivity index (χ4n) is 2.04. The van der Waals surface area contributed by atoms with Gasteiger partial charge in [0.05, 0.1) is 18.2 Å². The van der Waals surface area contributed by atoms with Gasteiger partial charge in [0, 0.05) is 5.02 Å². The zero-order valence-corrected chi connectivity index (χ0v) is 9.58. The maximum absolute atomic E-state index is 6.15. The first-order chi connectivity index (χ1) is 7.18. The van der Waals surface area contributed by atoms with E-state index in [9.17, 15) is 0 Å². The highest BCUT2D eigenvalue weighted by Crippen LogP contribution is 2.31. The lowest BCUT2D eigenvalue weighted by Crippen LogP contribution is -2.26. The first-order valence-corrected chi connectivity index (χ1v) is 5.71. The van der Waals surface area contributed by atoms with E-state index < -0.39 is 0 Å². The lowest BCUT2D eigenvalue weighted by molar-refractivity contribution is 0.0401. The van der Waals surface area contributed by atoms with E-state index in [0.29, 0.717) is 6.10 Å². The van der Waals surface area contributed by atoms with Gasteiger partial charge in [0.2, 0.25) is 0 Å². The molecule has 2 N–H and O–H groups in total. The topological polar surface area (TPSA) is 35.2 Å². The van der Waals surface area contributed by atoms with Gasteiger partial charge in [-0.25, -0.2) is 0 Å². The van der Waals surface area contributed by atoms with Gasteiger partial charge in [-0.15, -0.1) is 0 Å². The van der Waals surface area contributed by atoms with E-state index >= 15 is 0 Å². The molecule has 0 spiro atoms. The van der Waals surface area contributed by atoms with Crippen molar-refractivity contribution in [2.24, 2.45) is 5.73 Å². The van der Waals surface area contributed by atoms with Gasteiger partial charge in [0.25, 0.3) is 0 Å². The summed E-state index contributed by atoms with van der Waals surface area (Å²) in [6, 6.07) is 7.61. The summed E-state index contributed by atoms with van der Waals surface area (Å²) in [7, 11) is 0. The summed E-state index contributed by atoms with van der Waals surface area (Å²) >= 11 is 6.10. The molecule has 0 amide bonds. The molecule has 3 unspecified atom stereocenters. The van der Waals surface area contributed by atoms with Crippen LogP contribution in [-0.2, 0) is 4.74 Å². The SMILES string of the molecule is CC1CCC(C(N)c2ccccc2Cl)O1. The van der Waals surface area contributed by atoms with Crippen LogP contribution < -0.4 is 5.73 Å². The zero-order chi connectivity index (χ0) is 10.8. The average Bonchev–Trinajstić information content (AvgIpc) is 2.65. The van der Waals surface area contributed by atoms with E-state index in [-0.39, 0.29) is 12.1 Å². The van der Waals surface area contributed by atoms with Crippen molar-refractivity contribution in [3.8, 4) is 0 Å². The van der Waals surface area contributed by atoms with Crippen LogP contribution >= 0.6 is 11.6 Å². The van der Waals surface area contributed by atoms with Gasteiger partial charge < -0.3 is 10.5 Å². The van der Waals surface area contributed by atoms with Gasteiger partial charge in [0.1, 0.15) is 0 Å². The molecule has 0 saturated carbocycles. The van der Waals surface area contributed by atoms with Gasteiger partial charge in [0.15, 0.2) is 0 Å². The van der Waals surface area contributed by atoms with Crippen LogP contribution in [0.2, 0.25) is 5.02 Å². The van der Waals surface area contributed by atoms with Crippen molar-refractivity contribution < 1.29 is 4.74 Å². The second kappa shape index (κ2) is 4.52. The number of hydrogen-bond acceptors (Lipinski definition) is 2. The number of rotatable bonds is 2. The van der Waals surface area contributed by atoms with Crippen LogP contribution in [0.3, 0.4) is 0 Å². The third-order valence-corrected chi connectivity index (χ3v) is 3.27. The van der Waals surface area contributed by atoms with Gasteiger partial charge in [-0.2, -0.15) is 0 Å². The summed E-state index contributed by atoms with van der Waals surface area (Å²) < 4.78 is 5.75. The third-order valence-electron chi connectivity index (χ3n) is 2.93. The van der Waals surface area contributed by atoms with Crippen molar-refractivity contribution in [3.05, 3.63) is 34.9 Å². The molecular formula is C12H16ClNO. The van der Waals surface area contributed by atoms with Crippen LogP contribution in [0.5, 0.6) is 0 Å². The summed E-state index contributed by atoms with van der Waals surface area (Å²) in [5, 5.41) is 0.730. The molecule has 1 aromatic rings. The largest absolute Gasteiger partial charge is 0.373 e. The van der Waals surface area contributed by atoms with E-state index in [1.807, 2.05) is 24.3 Å². The highest BCUT2D eigenvalue weighted by atomic mass is 35.5. The van der Waals surface area contributed by atoms with Gasteiger partial charge >= 0.3 is 0 Å². The predicted octanol–water partition coefficient (Wildman–Crippen LogP) is 2.91. The minimum absolute atomic E-state index is 0.108. The van der Waals surface area contributed by atoms with Crippen LogP contribution in [0.25, 0.3) is 0 Å². The molecular weight excluding hydrogens is 210 g/mol. The normalized spacial score (nSPS) is 27.9. The molecule has 1 aromatic carbocycles. The molecule has 2 nitrogen and oxygen atoms in total. The summed E-state index contributed by atoms with van der Waals surface area (Å²) in [5.41, 5.74) is 7.14. The van der Waals surface area contributed by atoms with Gasteiger partial charge in [-0.05, 0) is 31.4 Å². The number of hydrogen-bond donors (Lipinski definition) is 1. The maximum Gasteiger partial charge on any atom is 0.0772 e. The Morgan fingerprint density at radius 1 is 1.40 bits per heavy atom. The lowest BCUT2D eigenvalue weighted by atomic mass is 10.0. The minimum atomic E-state index is -0.108. The summed E-state index contributed by atoms with van der Waals surface area (Å²) in [5.74, 6) is 0. The molecule has 1 aliphatic heterocycles. The number of nitrogens with two attached hydrogens (primary N) is 1. The van der Waals surface area contributed by atoms with E-state index in [2.05, 4.69) is 6.92 Å². The standard InChI is InChI=1S/C12H16ClNO/c1-8-6-7-11(15-8)12(14)9-4-2-3-5-10(9)13/h2-5,8,11-12H,6-7,14H2,1H3. The zero-order valence-electron chi connectivity index (χ0n) is 8.82. The molecule has 0 aromatic heterocycles. The Hall–Kier alpha value is -0.570. The second-order valence-corrected chi connectivity index (χ2v) is 4.52. The number of benzene rings is 1. The van der Waals surface area contributed by atoms with Crippen LogP contribution in [0.15, 0.2) is 24.3 Å². The molecule has 1 aliphatic rings. The molecule has 82 valence electrons. The lowest BCUT2D eigenvalue weighted by Gasteiger charge is -2.20. The van der Waals surface area contributed by atoms with E-state index in [1.165, 1.54) is 0 Å². The Morgan fingerprint density at radius 3 is 2.73 bits per heavy atom. The Labute approximate surface area is 95.4 Å². The summed E-state index contributed by atoms with van der Waals surface area (Å²) in [4.78, 5) is 0. The Kier molecular flexibility index (Phi) is 3.29. The first-order valence-electron chi connectivity index (χ1n) is 5.34. The van der Waals surface area contributed by atoms with Gasteiger partial charge in [-0.3, -0.25) is 0 Å². The van der Waals surface area contributed by atoms with E-state index in [1.54, 1.807) is 0 Å². The summed E-state index contributed by atoms with van der Waals surface area (Å²) in [6.07, 6.45) is 2.54. The van der Waals surface area contributed by atoms with Crippen LogP contribution in [-0.4, -0.2) is 12.2 Å². The van der Waals surface area contributed by atoms with Crippen molar-refractivity contribution in [3.63, 3.8) is 0 Å². The summed E-state index contributed by atoms with van der Waals surface area (Å²) in [6.45, 7) is 2.08. The minimum Gasteiger partial charge on any atom is -0.373 e. The van der Waals surface area contributed by atoms with Crippen LogP contribution in [0.4, 0.5) is 0 Å². The molecule has 1 saturated heterocycles. The van der Waals surface area contributed by atoms with Crippen molar-refractivity contribution in [1.82, 2.24) is 0 Å². The molecule has 1 heterocycles. The Morgan fingerprint density at radius 2 is 2.13 bits per heavy atom. The fraction of sp³-hybridized carbons (Fsp3) is 0.500. The smallest absolute Gasteiger partial charge is 0.0772 e. The Bertz CT molecular complexity index is 342. The molecule has 2 rings (SSSR count). The van der Waals surface area contributed by atoms with Crippen molar-refractivity contribution in [1.29, 1.82) is 0 Å². The molecule has 15 heavy (non-hydrogen) atoms. The van der Waals surface area contributed by atoms with Crippen molar-refractivity contribution in [2.75, 3.05) is 0 Å². The molecule has 3 atom stereocenters. The molecule has 0 radical (unpaired) electrons. The quantitative estimate of drug-likeness (QED) is 0.840. The highest BCUT2D eigenvalue weighted by molar-refractivity contribution is 6.31. The van der Waals surface area contributed by atoms with Crippen molar-refractivity contribution in [2.45, 2.75) is 38.0 Å². The van der Waals surface area contributed by atoms with Crippen molar-refractivity contribution >= 4 is 11.6 Å². The molecule has 3 heteroatoms. The molecule has 0 bridgehead atoms. The second-order valence-electron chi connectivity index (χ2n) is 4.11. The van der Waals surface area contributed by atoms with E-state index in [4.69, 9.17) is 22.1 Å². The first kappa shape index (κ1) is 10.9. The third kappa shape index (κ3) is 2.33. The van der Waals surface area contributed by atoms with Crippen LogP contribution in [0, 0.1) is 0 Å². The van der Waals surface area contributed by atoms with Gasteiger partial charge in [-0.1, -0.05) is 29.8 Å². The molecule has 1 fully saturated rings. The fourth-order valence-corrected chi connectivity index (χ4v) is 2.31. The highest BCUT2D eigenvalue weighted by Gasteiger charge is 2.28. The van der Waals surface area contributed by atoms with Crippen LogP contribution in [0.1, 0.15) is 31.4 Å². The average molecular weight is 226 g/mol. The van der Waals surface area contributed by atoms with E-state index in [0.717, 1.165) is 23.4 Å². The number of halogens is 1. The predicted molar refractivity (Wildman–Crippen MR) is 61.9 cm³/mol. The molecule has 0 aliphatic carbocycles. The number of ether oxygens (including phenoxy) is 1. The Balaban J connectivity index is 2.14.